The maximum Gasteiger partial charge on any atom is 0.260 e. The Balaban J connectivity index is 1.59. The first kappa shape index (κ1) is 19.1. The van der Waals surface area contributed by atoms with Crippen LogP contribution in [0.4, 0.5) is 0 Å². The molecule has 2 atom stereocenters. The standard InChI is InChI=1S/C20H26N4O3S/c1-19(2)13-9-10-20(19,3)16(11-13)22-23-17(25)12-24-15-8-6-5-7-14(15)21-18(24)28(4,26)27/h5-8,13H,9-12H2,1-4H3,(H,23,25)/b22-16-. The number of hydrogen-bond donors (Lipinski definition) is 1. The number of amides is 1. The van der Waals surface area contributed by atoms with E-state index in [0.29, 0.717) is 17.0 Å². The van der Waals surface area contributed by atoms with E-state index in [0.717, 1.165) is 24.8 Å². The molecule has 2 aliphatic rings. The molecule has 150 valence electrons. The van der Waals surface area contributed by atoms with E-state index in [9.17, 15) is 13.2 Å². The third-order valence-electron chi connectivity index (χ3n) is 7.08. The molecule has 0 aliphatic heterocycles. The monoisotopic (exact) mass is 402 g/mol. The summed E-state index contributed by atoms with van der Waals surface area (Å²) >= 11 is 0. The van der Waals surface area contributed by atoms with Gasteiger partial charge in [0.15, 0.2) is 0 Å². The zero-order valence-corrected chi connectivity index (χ0v) is 17.5. The van der Waals surface area contributed by atoms with Crippen molar-refractivity contribution in [2.45, 2.75) is 51.7 Å². The lowest BCUT2D eigenvalue weighted by Crippen LogP contribution is -2.34. The maximum absolute atomic E-state index is 12.6. The third-order valence-corrected chi connectivity index (χ3v) is 8.06. The summed E-state index contributed by atoms with van der Waals surface area (Å²) in [6.45, 7) is 6.65. The highest BCUT2D eigenvalue weighted by Crippen LogP contribution is 2.63. The third kappa shape index (κ3) is 2.77. The molecule has 2 saturated carbocycles. The summed E-state index contributed by atoms with van der Waals surface area (Å²) in [5.41, 5.74) is 5.04. The van der Waals surface area contributed by atoms with Crippen LogP contribution in [0.3, 0.4) is 0 Å². The fourth-order valence-electron chi connectivity index (χ4n) is 4.90. The Morgan fingerprint density at radius 1 is 1.32 bits per heavy atom. The van der Waals surface area contributed by atoms with Crippen molar-refractivity contribution in [1.82, 2.24) is 15.0 Å². The quantitative estimate of drug-likeness (QED) is 0.796. The average molecular weight is 403 g/mol. The summed E-state index contributed by atoms with van der Waals surface area (Å²) in [5.74, 6) is 0.243. The second-order valence-electron chi connectivity index (χ2n) is 8.83. The van der Waals surface area contributed by atoms with Gasteiger partial charge in [-0.15, -0.1) is 0 Å². The predicted octanol–water partition coefficient (Wildman–Crippen LogP) is 2.76. The Morgan fingerprint density at radius 2 is 2.04 bits per heavy atom. The summed E-state index contributed by atoms with van der Waals surface area (Å²) in [4.78, 5) is 16.8. The molecule has 2 aliphatic carbocycles. The Bertz CT molecular complexity index is 1100. The van der Waals surface area contributed by atoms with Crippen molar-refractivity contribution < 1.29 is 13.2 Å². The highest BCUT2D eigenvalue weighted by Gasteiger charge is 2.60. The van der Waals surface area contributed by atoms with E-state index in [-0.39, 0.29) is 28.4 Å². The van der Waals surface area contributed by atoms with Gasteiger partial charge in [0.2, 0.25) is 15.0 Å². The molecule has 1 N–H and O–H groups in total. The van der Waals surface area contributed by atoms with Crippen molar-refractivity contribution in [1.29, 1.82) is 0 Å². The van der Waals surface area contributed by atoms with Gasteiger partial charge in [-0.2, -0.15) is 5.10 Å². The molecule has 7 nitrogen and oxygen atoms in total. The minimum atomic E-state index is -3.57. The Morgan fingerprint density at radius 3 is 2.64 bits per heavy atom. The second-order valence-corrected chi connectivity index (χ2v) is 10.7. The van der Waals surface area contributed by atoms with Gasteiger partial charge >= 0.3 is 0 Å². The zero-order chi connectivity index (χ0) is 20.3. The van der Waals surface area contributed by atoms with E-state index in [1.54, 1.807) is 24.3 Å². The summed E-state index contributed by atoms with van der Waals surface area (Å²) < 4.78 is 25.7. The molecular formula is C20H26N4O3S. The van der Waals surface area contributed by atoms with Crippen LogP contribution in [0.15, 0.2) is 34.5 Å². The number of hydrazone groups is 1. The van der Waals surface area contributed by atoms with Crippen molar-refractivity contribution in [2.24, 2.45) is 21.8 Å². The number of fused-ring (bicyclic) bond motifs is 3. The molecule has 0 radical (unpaired) electrons. The number of sulfone groups is 1. The maximum atomic E-state index is 12.6. The number of carbonyl (C=O) groups excluding carboxylic acids is 1. The fourth-order valence-corrected chi connectivity index (χ4v) is 5.72. The topological polar surface area (TPSA) is 93.4 Å². The van der Waals surface area contributed by atoms with Crippen molar-refractivity contribution in [3.05, 3.63) is 24.3 Å². The van der Waals surface area contributed by atoms with E-state index in [1.165, 1.54) is 11.0 Å². The normalized spacial score (nSPS) is 27.6. The van der Waals surface area contributed by atoms with Gasteiger partial charge < -0.3 is 4.57 Å². The van der Waals surface area contributed by atoms with Crippen LogP contribution in [0.1, 0.15) is 40.0 Å². The SMILES string of the molecule is CC12CCC(C/C1=N/NC(=O)Cn1c(S(C)(=O)=O)nc3ccccc31)C2(C)C. The van der Waals surface area contributed by atoms with E-state index in [2.05, 4.69) is 36.3 Å². The van der Waals surface area contributed by atoms with E-state index in [4.69, 9.17) is 0 Å². The highest BCUT2D eigenvalue weighted by molar-refractivity contribution is 7.90. The van der Waals surface area contributed by atoms with Gasteiger partial charge in [-0.25, -0.2) is 18.8 Å². The first-order chi connectivity index (χ1) is 13.0. The Hall–Kier alpha value is -2.22. The molecule has 1 aromatic carbocycles. The number of carbonyl (C=O) groups is 1. The van der Waals surface area contributed by atoms with Gasteiger partial charge in [-0.3, -0.25) is 4.79 Å². The number of imidazole rings is 1. The van der Waals surface area contributed by atoms with E-state index >= 15 is 0 Å². The number of aromatic nitrogens is 2. The van der Waals surface area contributed by atoms with Gasteiger partial charge in [0, 0.05) is 17.4 Å². The van der Waals surface area contributed by atoms with Crippen LogP contribution in [0, 0.1) is 16.7 Å². The van der Waals surface area contributed by atoms with Gasteiger partial charge in [-0.1, -0.05) is 32.9 Å². The Kier molecular flexibility index (Phi) is 4.19. The highest BCUT2D eigenvalue weighted by atomic mass is 32.2. The lowest BCUT2D eigenvalue weighted by molar-refractivity contribution is -0.121. The number of nitrogens with zero attached hydrogens (tertiary/aromatic N) is 3. The number of rotatable bonds is 4. The van der Waals surface area contributed by atoms with Gasteiger partial charge in [0.1, 0.15) is 6.54 Å². The van der Waals surface area contributed by atoms with Crippen LogP contribution < -0.4 is 5.43 Å². The van der Waals surface area contributed by atoms with Crippen molar-refractivity contribution in [2.75, 3.05) is 6.26 Å². The molecule has 2 bridgehead atoms. The van der Waals surface area contributed by atoms with Crippen LogP contribution in [-0.4, -0.2) is 35.8 Å². The van der Waals surface area contributed by atoms with Gasteiger partial charge in [0.25, 0.3) is 5.91 Å². The summed E-state index contributed by atoms with van der Waals surface area (Å²) in [6.07, 6.45) is 4.30. The summed E-state index contributed by atoms with van der Waals surface area (Å²) in [6, 6.07) is 7.07. The predicted molar refractivity (Wildman–Crippen MR) is 108 cm³/mol. The first-order valence-electron chi connectivity index (χ1n) is 9.55. The average Bonchev–Trinajstić information content (AvgIpc) is 3.15. The van der Waals surface area contributed by atoms with Crippen LogP contribution in [0.25, 0.3) is 11.0 Å². The lowest BCUT2D eigenvalue weighted by Gasteiger charge is -2.34. The molecule has 1 aromatic heterocycles. The lowest BCUT2D eigenvalue weighted by atomic mass is 9.70. The van der Waals surface area contributed by atoms with Crippen LogP contribution in [0.5, 0.6) is 0 Å². The second kappa shape index (κ2) is 6.14. The van der Waals surface area contributed by atoms with Gasteiger partial charge in [-0.05, 0) is 42.7 Å². The molecule has 28 heavy (non-hydrogen) atoms. The fraction of sp³-hybridized carbons (Fsp3) is 0.550. The smallest absolute Gasteiger partial charge is 0.260 e. The summed E-state index contributed by atoms with van der Waals surface area (Å²) in [7, 11) is -3.57. The molecule has 2 unspecified atom stereocenters. The largest absolute Gasteiger partial charge is 0.305 e. The van der Waals surface area contributed by atoms with Crippen LogP contribution >= 0.6 is 0 Å². The van der Waals surface area contributed by atoms with Crippen molar-refractivity contribution in [3.8, 4) is 0 Å². The summed E-state index contributed by atoms with van der Waals surface area (Å²) in [5, 5.41) is 4.35. The molecule has 0 saturated heterocycles. The van der Waals surface area contributed by atoms with E-state index < -0.39 is 9.84 Å². The van der Waals surface area contributed by atoms with Crippen LogP contribution in [0.2, 0.25) is 0 Å². The minimum Gasteiger partial charge on any atom is -0.305 e. The number of para-hydroxylation sites is 2. The number of hydrogen-bond acceptors (Lipinski definition) is 5. The number of nitrogens with one attached hydrogen (secondary N) is 1. The molecule has 1 heterocycles. The molecule has 1 amide bonds. The van der Waals surface area contributed by atoms with E-state index in [1.807, 2.05) is 0 Å². The van der Waals surface area contributed by atoms with Crippen molar-refractivity contribution >= 4 is 32.5 Å². The molecule has 0 spiro atoms. The van der Waals surface area contributed by atoms with Crippen molar-refractivity contribution in [3.63, 3.8) is 0 Å². The molecule has 8 heteroatoms. The molecular weight excluding hydrogens is 376 g/mol. The minimum absolute atomic E-state index is 0.00453. The molecule has 4 rings (SSSR count). The van der Waals surface area contributed by atoms with Crippen LogP contribution in [-0.2, 0) is 21.2 Å². The molecule has 2 fully saturated rings. The number of benzene rings is 1. The van der Waals surface area contributed by atoms with Gasteiger partial charge in [0.05, 0.1) is 11.0 Å². The zero-order valence-electron chi connectivity index (χ0n) is 16.7. The molecule has 2 aromatic rings. The first-order valence-corrected chi connectivity index (χ1v) is 11.4. The Labute approximate surface area is 165 Å².